The van der Waals surface area contributed by atoms with Gasteiger partial charge >= 0.3 is 0 Å². The molecule has 0 aliphatic rings. The number of hydrogen-bond acceptors (Lipinski definition) is 3. The molecule has 102 valence electrons. The highest BCUT2D eigenvalue weighted by molar-refractivity contribution is 5.58. The van der Waals surface area contributed by atoms with Crippen LogP contribution in [0.1, 0.15) is 16.8 Å². The normalized spacial score (nSPS) is 10.3. The lowest BCUT2D eigenvalue weighted by Gasteiger charge is -2.08. The van der Waals surface area contributed by atoms with E-state index >= 15 is 0 Å². The molecule has 3 aromatic rings. The van der Waals surface area contributed by atoms with Crippen LogP contribution < -0.4 is 0 Å². The summed E-state index contributed by atoms with van der Waals surface area (Å²) in [5.41, 5.74) is 3.77. The van der Waals surface area contributed by atoms with E-state index in [0.717, 1.165) is 23.6 Å². The molecule has 0 atom stereocenters. The van der Waals surface area contributed by atoms with Crippen molar-refractivity contribution in [3.05, 3.63) is 71.8 Å². The molecular weight excluding hydrogens is 260 g/mol. The van der Waals surface area contributed by atoms with Gasteiger partial charge in [0.15, 0.2) is 0 Å². The summed E-state index contributed by atoms with van der Waals surface area (Å²) in [5.74, 6) is 0.863. The smallest absolute Gasteiger partial charge is 0.140 e. The molecular formula is C17H14N4. The largest absolute Gasteiger partial charge is 0.327 e. The Bertz CT molecular complexity index is 811. The number of benzene rings is 1. The fraction of sp³-hybridized carbons (Fsp3) is 0.118. The van der Waals surface area contributed by atoms with Gasteiger partial charge in [0.05, 0.1) is 11.6 Å². The van der Waals surface area contributed by atoms with Crippen LogP contribution in [-0.4, -0.2) is 14.5 Å². The van der Waals surface area contributed by atoms with E-state index in [1.807, 2.05) is 43.6 Å². The molecule has 0 radical (unpaired) electrons. The van der Waals surface area contributed by atoms with Gasteiger partial charge in [-0.1, -0.05) is 12.1 Å². The zero-order chi connectivity index (χ0) is 14.7. The maximum absolute atomic E-state index is 9.01. The van der Waals surface area contributed by atoms with E-state index < -0.39 is 0 Å². The van der Waals surface area contributed by atoms with E-state index in [1.54, 1.807) is 12.3 Å². The fourth-order valence-corrected chi connectivity index (χ4v) is 2.32. The number of hydrogen-bond donors (Lipinski definition) is 0. The van der Waals surface area contributed by atoms with Gasteiger partial charge in [-0.2, -0.15) is 5.26 Å². The van der Waals surface area contributed by atoms with E-state index in [0.29, 0.717) is 5.56 Å². The molecule has 0 amide bonds. The Kier molecular flexibility index (Phi) is 3.48. The maximum atomic E-state index is 9.01. The van der Waals surface area contributed by atoms with Crippen molar-refractivity contribution >= 4 is 0 Å². The third-order valence-corrected chi connectivity index (χ3v) is 3.28. The average Bonchev–Trinajstić information content (AvgIpc) is 2.95. The summed E-state index contributed by atoms with van der Waals surface area (Å²) in [6, 6.07) is 13.7. The lowest BCUT2D eigenvalue weighted by Crippen LogP contribution is -2.02. The number of aromatic nitrogens is 3. The van der Waals surface area contributed by atoms with Crippen LogP contribution in [0.5, 0.6) is 0 Å². The van der Waals surface area contributed by atoms with E-state index in [2.05, 4.69) is 26.7 Å². The standard InChI is InChI=1S/C17H14N4/c1-13-9-15(5-6-19-13)12-21-8-7-20-17(21)16-4-2-3-14(10-16)11-18/h2-10H,12H2,1H3. The van der Waals surface area contributed by atoms with E-state index in [9.17, 15) is 0 Å². The van der Waals surface area contributed by atoms with Gasteiger partial charge in [-0.15, -0.1) is 0 Å². The summed E-state index contributed by atoms with van der Waals surface area (Å²) in [7, 11) is 0. The van der Waals surface area contributed by atoms with Crippen molar-refractivity contribution in [2.24, 2.45) is 0 Å². The number of imidazole rings is 1. The molecule has 0 fully saturated rings. The predicted molar refractivity (Wildman–Crippen MR) is 80.5 cm³/mol. The first-order chi connectivity index (χ1) is 10.3. The maximum Gasteiger partial charge on any atom is 0.140 e. The first-order valence-corrected chi connectivity index (χ1v) is 6.69. The van der Waals surface area contributed by atoms with Crippen LogP contribution >= 0.6 is 0 Å². The highest BCUT2D eigenvalue weighted by Gasteiger charge is 2.07. The first-order valence-electron chi connectivity index (χ1n) is 6.69. The molecule has 0 saturated carbocycles. The average molecular weight is 274 g/mol. The molecule has 0 bridgehead atoms. The fourth-order valence-electron chi connectivity index (χ4n) is 2.32. The van der Waals surface area contributed by atoms with Gasteiger partial charge in [0, 0.05) is 36.4 Å². The zero-order valence-corrected chi connectivity index (χ0v) is 11.7. The molecule has 0 N–H and O–H groups in total. The summed E-state index contributed by atoms with van der Waals surface area (Å²) in [4.78, 5) is 8.63. The topological polar surface area (TPSA) is 54.5 Å². The third-order valence-electron chi connectivity index (χ3n) is 3.28. The van der Waals surface area contributed by atoms with Gasteiger partial charge in [-0.25, -0.2) is 4.98 Å². The number of nitriles is 1. The monoisotopic (exact) mass is 274 g/mol. The van der Waals surface area contributed by atoms with E-state index in [-0.39, 0.29) is 0 Å². The lowest BCUT2D eigenvalue weighted by molar-refractivity contribution is 0.803. The van der Waals surface area contributed by atoms with Gasteiger partial charge in [0.1, 0.15) is 5.82 Å². The molecule has 0 unspecified atom stereocenters. The van der Waals surface area contributed by atoms with Crippen molar-refractivity contribution < 1.29 is 0 Å². The second-order valence-corrected chi connectivity index (χ2v) is 4.88. The van der Waals surface area contributed by atoms with Gasteiger partial charge in [0.25, 0.3) is 0 Å². The van der Waals surface area contributed by atoms with Gasteiger partial charge in [-0.3, -0.25) is 4.98 Å². The van der Waals surface area contributed by atoms with Crippen LogP contribution in [0.4, 0.5) is 0 Å². The van der Waals surface area contributed by atoms with Crippen molar-refractivity contribution in [1.29, 1.82) is 5.26 Å². The summed E-state index contributed by atoms with van der Waals surface area (Å²) >= 11 is 0. The molecule has 4 nitrogen and oxygen atoms in total. The molecule has 4 heteroatoms. The first kappa shape index (κ1) is 13.1. The molecule has 0 aliphatic carbocycles. The Morgan fingerprint density at radius 2 is 2.05 bits per heavy atom. The number of pyridine rings is 1. The minimum Gasteiger partial charge on any atom is -0.327 e. The van der Waals surface area contributed by atoms with Crippen LogP contribution in [-0.2, 0) is 6.54 Å². The van der Waals surface area contributed by atoms with Crippen LogP contribution in [0.25, 0.3) is 11.4 Å². The SMILES string of the molecule is Cc1cc(Cn2ccnc2-c2cccc(C#N)c2)ccn1. The number of rotatable bonds is 3. The molecule has 0 spiro atoms. The Morgan fingerprint density at radius 1 is 1.14 bits per heavy atom. The number of nitrogens with zero attached hydrogens (tertiary/aromatic N) is 4. The number of aryl methyl sites for hydroxylation is 1. The molecule has 2 aromatic heterocycles. The second-order valence-electron chi connectivity index (χ2n) is 4.88. The van der Waals surface area contributed by atoms with Crippen molar-refractivity contribution in [1.82, 2.24) is 14.5 Å². The highest BCUT2D eigenvalue weighted by atomic mass is 15.1. The summed E-state index contributed by atoms with van der Waals surface area (Å²) in [6.07, 6.45) is 5.55. The summed E-state index contributed by atoms with van der Waals surface area (Å²) < 4.78 is 2.07. The van der Waals surface area contributed by atoms with Crippen molar-refractivity contribution in [3.8, 4) is 17.5 Å². The minimum absolute atomic E-state index is 0.641. The summed E-state index contributed by atoms with van der Waals surface area (Å²) in [6.45, 7) is 2.71. The highest BCUT2D eigenvalue weighted by Crippen LogP contribution is 2.19. The molecule has 21 heavy (non-hydrogen) atoms. The molecule has 3 rings (SSSR count). The molecule has 1 aromatic carbocycles. The quantitative estimate of drug-likeness (QED) is 0.737. The Labute approximate surface area is 123 Å². The Morgan fingerprint density at radius 3 is 2.86 bits per heavy atom. The van der Waals surface area contributed by atoms with Crippen LogP contribution in [0.3, 0.4) is 0 Å². The predicted octanol–water partition coefficient (Wildman–Crippen LogP) is 3.17. The van der Waals surface area contributed by atoms with Crippen LogP contribution in [0.2, 0.25) is 0 Å². The Hall–Kier alpha value is -2.93. The van der Waals surface area contributed by atoms with Crippen molar-refractivity contribution in [3.63, 3.8) is 0 Å². The summed E-state index contributed by atoms with van der Waals surface area (Å²) in [5, 5.41) is 9.01. The van der Waals surface area contributed by atoms with Gasteiger partial charge in [0.2, 0.25) is 0 Å². The van der Waals surface area contributed by atoms with E-state index in [4.69, 9.17) is 5.26 Å². The molecule has 0 saturated heterocycles. The second kappa shape index (κ2) is 5.59. The third kappa shape index (κ3) is 2.82. The lowest BCUT2D eigenvalue weighted by atomic mass is 10.1. The van der Waals surface area contributed by atoms with Crippen LogP contribution in [0, 0.1) is 18.3 Å². The minimum atomic E-state index is 0.641. The van der Waals surface area contributed by atoms with Gasteiger partial charge < -0.3 is 4.57 Å². The molecule has 0 aliphatic heterocycles. The van der Waals surface area contributed by atoms with Crippen molar-refractivity contribution in [2.45, 2.75) is 13.5 Å². The van der Waals surface area contributed by atoms with E-state index in [1.165, 1.54) is 5.56 Å². The Balaban J connectivity index is 1.96. The zero-order valence-electron chi connectivity index (χ0n) is 11.7. The van der Waals surface area contributed by atoms with Crippen molar-refractivity contribution in [2.75, 3.05) is 0 Å². The molecule has 2 heterocycles. The van der Waals surface area contributed by atoms with Gasteiger partial charge in [-0.05, 0) is 36.8 Å². The van der Waals surface area contributed by atoms with Crippen LogP contribution in [0.15, 0.2) is 55.0 Å².